The summed E-state index contributed by atoms with van der Waals surface area (Å²) in [6.45, 7) is 21.5. The molecule has 3 fully saturated rings. The molecule has 1 saturated carbocycles. The van der Waals surface area contributed by atoms with Gasteiger partial charge in [-0.2, -0.15) is 0 Å². The van der Waals surface area contributed by atoms with Crippen LogP contribution in [0.4, 0.5) is 9.59 Å². The number of aliphatic hydroxyl groups is 1. The van der Waals surface area contributed by atoms with Gasteiger partial charge in [-0.1, -0.05) is 87.4 Å². The molecule has 2 saturated heterocycles. The number of carbonyl (C=O) groups is 2. The van der Waals surface area contributed by atoms with Gasteiger partial charge in [0.05, 0.1) is 36.9 Å². The van der Waals surface area contributed by atoms with Crippen molar-refractivity contribution < 1.29 is 33.6 Å². The summed E-state index contributed by atoms with van der Waals surface area (Å²) >= 11 is 0. The average Bonchev–Trinajstić information content (AvgIpc) is 3.45. The molecule has 0 bridgehead atoms. The van der Waals surface area contributed by atoms with Crippen LogP contribution in [0.25, 0.3) is 0 Å². The van der Waals surface area contributed by atoms with E-state index in [2.05, 4.69) is 43.0 Å². The Balaban J connectivity index is 1.60. The van der Waals surface area contributed by atoms with Crippen molar-refractivity contribution in [3.63, 3.8) is 0 Å². The van der Waals surface area contributed by atoms with E-state index >= 15 is 0 Å². The number of rotatable bonds is 12. The Labute approximate surface area is 318 Å². The first-order chi connectivity index (χ1) is 24.8. The Bertz CT molecular complexity index is 1460. The number of hydrogen-bond acceptors (Lipinski definition) is 8. The fourth-order valence-corrected chi connectivity index (χ4v) is 9.29. The summed E-state index contributed by atoms with van der Waals surface area (Å²) < 4.78 is 25.0. The Hall–Kier alpha value is -3.18. The van der Waals surface area contributed by atoms with Gasteiger partial charge in [-0.05, 0) is 91.2 Å². The molecule has 0 unspecified atom stereocenters. The number of ether oxygens (including phenoxy) is 4. The fourth-order valence-electron chi connectivity index (χ4n) is 9.29. The second-order valence-corrected chi connectivity index (χ2v) is 18.0. The van der Waals surface area contributed by atoms with E-state index in [-0.39, 0.29) is 18.4 Å². The van der Waals surface area contributed by atoms with Gasteiger partial charge in [0.2, 0.25) is 0 Å². The molecule has 1 N–H and O–H groups in total. The Morgan fingerprint density at radius 3 is 1.74 bits per heavy atom. The summed E-state index contributed by atoms with van der Waals surface area (Å²) in [4.78, 5) is 34.2. The molecule has 0 aromatic heterocycles. The predicted octanol–water partition coefficient (Wildman–Crippen LogP) is 8.36. The third kappa shape index (κ3) is 9.04. The van der Waals surface area contributed by atoms with Crippen LogP contribution in [0.1, 0.15) is 112 Å². The maximum atomic E-state index is 14.7. The molecule has 53 heavy (non-hydrogen) atoms. The van der Waals surface area contributed by atoms with Gasteiger partial charge in [0.15, 0.2) is 0 Å². The zero-order valence-electron chi connectivity index (χ0n) is 33.9. The van der Waals surface area contributed by atoms with Crippen LogP contribution in [-0.4, -0.2) is 92.1 Å². The molecule has 3 aliphatic rings. The molecule has 2 heterocycles. The second-order valence-electron chi connectivity index (χ2n) is 18.0. The van der Waals surface area contributed by atoms with Crippen molar-refractivity contribution in [2.24, 2.45) is 11.8 Å². The maximum absolute atomic E-state index is 14.7. The van der Waals surface area contributed by atoms with Crippen molar-refractivity contribution in [2.75, 3.05) is 19.8 Å². The molecule has 2 aromatic carbocycles. The molecule has 4 atom stereocenters. The first-order valence-electron chi connectivity index (χ1n) is 19.6. The molecule has 0 radical (unpaired) electrons. The summed E-state index contributed by atoms with van der Waals surface area (Å²) in [5, 5.41) is 13.2. The largest absolute Gasteiger partial charge is 0.449 e. The lowest BCUT2D eigenvalue weighted by atomic mass is 9.66. The van der Waals surface area contributed by atoms with Gasteiger partial charge < -0.3 is 24.1 Å². The van der Waals surface area contributed by atoms with E-state index in [9.17, 15) is 14.7 Å². The summed E-state index contributed by atoms with van der Waals surface area (Å²) in [6.07, 6.45) is 1.50. The van der Waals surface area contributed by atoms with E-state index in [1.54, 1.807) is 9.80 Å². The Kier molecular flexibility index (Phi) is 12.3. The lowest BCUT2D eigenvalue weighted by Gasteiger charge is -2.51. The third-order valence-electron chi connectivity index (χ3n) is 11.6. The van der Waals surface area contributed by atoms with Crippen LogP contribution in [-0.2, 0) is 32.0 Å². The highest BCUT2D eigenvalue weighted by Crippen LogP contribution is 2.45. The van der Waals surface area contributed by atoms with Gasteiger partial charge in [-0.25, -0.2) is 9.59 Å². The standard InChI is InChI=1S/C43H65N3O7/c1-31(2)34-23-17-18-25-43(34,49)36(53-38(48)46-40(5,6)30-52-42(46,9)10)35(24-26-50-37(47)45-39(3,4)29-51-41(45,7)8)44(27-32-19-13-11-14-20-32)28-33-21-15-12-16-22-33/h11-16,19-22,31,34-36,49H,17-18,23-30H2,1-10H3/t34-,35-,36+,43-/m0/s1. The summed E-state index contributed by atoms with van der Waals surface area (Å²) in [7, 11) is 0. The van der Waals surface area contributed by atoms with Gasteiger partial charge in [0.1, 0.15) is 23.2 Å². The molecule has 2 aliphatic heterocycles. The number of hydrogen-bond donors (Lipinski definition) is 1. The minimum atomic E-state index is -1.34. The van der Waals surface area contributed by atoms with Crippen molar-refractivity contribution in [1.82, 2.24) is 14.7 Å². The first kappa shape index (κ1) is 41.0. The van der Waals surface area contributed by atoms with Crippen LogP contribution < -0.4 is 0 Å². The summed E-state index contributed by atoms with van der Waals surface area (Å²) in [5.74, 6) is 0.0212. The van der Waals surface area contributed by atoms with E-state index in [4.69, 9.17) is 18.9 Å². The van der Waals surface area contributed by atoms with Crippen molar-refractivity contribution in [2.45, 2.75) is 155 Å². The SMILES string of the molecule is CC(C)[C@@H]1CCCC[C@@]1(O)[C@H](OC(=O)N1C(C)(C)COC1(C)C)[C@H](CCOC(=O)N1C(C)(C)COC1(C)C)N(Cc1ccccc1)Cc1ccccc1. The van der Waals surface area contributed by atoms with Crippen LogP contribution >= 0.6 is 0 Å². The molecule has 1 aliphatic carbocycles. The molecule has 5 rings (SSSR count). The number of benzene rings is 2. The smallest absolute Gasteiger partial charge is 0.413 e. The minimum absolute atomic E-state index is 0.0481. The lowest BCUT2D eigenvalue weighted by molar-refractivity contribution is -0.180. The van der Waals surface area contributed by atoms with Gasteiger partial charge in [-0.15, -0.1) is 0 Å². The van der Waals surface area contributed by atoms with Crippen molar-refractivity contribution in [1.29, 1.82) is 0 Å². The molecule has 10 heteroatoms. The highest BCUT2D eigenvalue weighted by atomic mass is 16.6. The minimum Gasteiger partial charge on any atom is -0.449 e. The number of nitrogens with zero attached hydrogens (tertiary/aromatic N) is 3. The molecule has 2 amide bonds. The van der Waals surface area contributed by atoms with Crippen molar-refractivity contribution >= 4 is 12.2 Å². The highest BCUT2D eigenvalue weighted by molar-refractivity contribution is 5.71. The van der Waals surface area contributed by atoms with Gasteiger partial charge in [0, 0.05) is 19.5 Å². The molecule has 0 spiro atoms. The first-order valence-corrected chi connectivity index (χ1v) is 19.6. The summed E-state index contributed by atoms with van der Waals surface area (Å²) in [6, 6.07) is 19.9. The van der Waals surface area contributed by atoms with E-state index in [0.717, 1.165) is 30.4 Å². The topological polar surface area (TPSA) is 101 Å². The molecule has 294 valence electrons. The van der Waals surface area contributed by atoms with E-state index in [0.29, 0.717) is 39.1 Å². The second kappa shape index (κ2) is 15.9. The van der Waals surface area contributed by atoms with E-state index in [1.807, 2.05) is 91.8 Å². The summed E-state index contributed by atoms with van der Waals surface area (Å²) in [5.41, 5.74) is -2.10. The van der Waals surface area contributed by atoms with Crippen molar-refractivity contribution in [3.05, 3.63) is 71.8 Å². The zero-order chi connectivity index (χ0) is 38.8. The Morgan fingerprint density at radius 2 is 1.28 bits per heavy atom. The molecular weight excluding hydrogens is 670 g/mol. The van der Waals surface area contributed by atoms with Crippen LogP contribution in [0.3, 0.4) is 0 Å². The average molecular weight is 736 g/mol. The molecule has 10 nitrogen and oxygen atoms in total. The maximum Gasteiger partial charge on any atom is 0.413 e. The predicted molar refractivity (Wildman–Crippen MR) is 206 cm³/mol. The van der Waals surface area contributed by atoms with Crippen LogP contribution in [0.2, 0.25) is 0 Å². The van der Waals surface area contributed by atoms with Gasteiger partial charge in [-0.3, -0.25) is 14.7 Å². The highest BCUT2D eigenvalue weighted by Gasteiger charge is 2.56. The van der Waals surface area contributed by atoms with Gasteiger partial charge >= 0.3 is 12.2 Å². The van der Waals surface area contributed by atoms with E-state index in [1.165, 1.54) is 0 Å². The van der Waals surface area contributed by atoms with Gasteiger partial charge in [0.25, 0.3) is 0 Å². The normalized spacial score (nSPS) is 25.7. The lowest BCUT2D eigenvalue weighted by Crippen LogP contribution is -2.64. The fraction of sp³-hybridized carbons (Fsp3) is 0.674. The Morgan fingerprint density at radius 1 is 0.792 bits per heavy atom. The van der Waals surface area contributed by atoms with Crippen LogP contribution in [0.5, 0.6) is 0 Å². The van der Waals surface area contributed by atoms with Crippen LogP contribution in [0.15, 0.2) is 60.7 Å². The number of amides is 2. The zero-order valence-corrected chi connectivity index (χ0v) is 33.9. The van der Waals surface area contributed by atoms with Crippen LogP contribution in [0, 0.1) is 11.8 Å². The van der Waals surface area contributed by atoms with Crippen molar-refractivity contribution in [3.8, 4) is 0 Å². The quantitative estimate of drug-likeness (QED) is 0.232. The molecule has 2 aromatic rings. The third-order valence-corrected chi connectivity index (χ3v) is 11.6. The van der Waals surface area contributed by atoms with E-state index < -0.39 is 52.5 Å². The monoisotopic (exact) mass is 735 g/mol. The molecular formula is C43H65N3O7. The number of carbonyl (C=O) groups excluding carboxylic acids is 2.